The van der Waals surface area contributed by atoms with Crippen molar-refractivity contribution in [2.45, 2.75) is 56.5 Å². The van der Waals surface area contributed by atoms with Crippen LogP contribution in [0.25, 0.3) is 5.78 Å². The molecule has 4 rings (SSSR count). The Morgan fingerprint density at radius 3 is 2.46 bits per heavy atom. The maximum absolute atomic E-state index is 13.4. The number of fused-ring (bicyclic) bond motifs is 1. The fraction of sp³-hybridized carbons (Fsp3) is 0.611. The second-order valence-corrected chi connectivity index (χ2v) is 7.71. The van der Waals surface area contributed by atoms with Gasteiger partial charge in [0, 0.05) is 25.2 Å². The monoisotopic (exact) mass is 415 g/mol. The lowest BCUT2D eigenvalue weighted by Crippen LogP contribution is -2.31. The van der Waals surface area contributed by atoms with Crippen molar-refractivity contribution < 1.29 is 18.7 Å². The topological polar surface area (TPSA) is 106 Å². The van der Waals surface area contributed by atoms with Crippen molar-refractivity contribution in [3.8, 4) is 0 Å². The molecule has 2 aromatic rings. The number of hydrogen-bond acceptors (Lipinski definition) is 4. The van der Waals surface area contributed by atoms with E-state index in [1.54, 1.807) is 22.9 Å². The first-order valence-electron chi connectivity index (χ1n) is 9.31. The van der Waals surface area contributed by atoms with E-state index in [0.29, 0.717) is 30.0 Å². The van der Waals surface area contributed by atoms with Gasteiger partial charge in [-0.05, 0) is 43.6 Å². The number of aromatic nitrogens is 3. The molecule has 2 saturated carbocycles. The van der Waals surface area contributed by atoms with Gasteiger partial charge in [-0.3, -0.25) is 4.40 Å². The summed E-state index contributed by atoms with van der Waals surface area (Å²) in [4.78, 5) is 20.1. The summed E-state index contributed by atoms with van der Waals surface area (Å²) in [7, 11) is 0. The second-order valence-electron chi connectivity index (χ2n) is 7.71. The number of hydrogen-bond donors (Lipinski definition) is 3. The number of alkyl halides is 2. The molecule has 2 atom stereocenters. The van der Waals surface area contributed by atoms with E-state index >= 15 is 0 Å². The van der Waals surface area contributed by atoms with Gasteiger partial charge >= 0.3 is 6.09 Å². The zero-order valence-electron chi connectivity index (χ0n) is 15.2. The molecule has 2 aliphatic carbocycles. The lowest BCUT2D eigenvalue weighted by molar-refractivity contribution is -0.0484. The van der Waals surface area contributed by atoms with Crippen LogP contribution in [0.15, 0.2) is 18.5 Å². The Balaban J connectivity index is 0.00000225. The molecule has 1 amide bonds. The number of imidazole rings is 1. The molecule has 28 heavy (non-hydrogen) atoms. The minimum atomic E-state index is -2.58. The molecule has 2 fully saturated rings. The van der Waals surface area contributed by atoms with Crippen LogP contribution < -0.4 is 11.1 Å². The summed E-state index contributed by atoms with van der Waals surface area (Å²) in [6, 6.07) is 1.02. The number of nitrogens with zero attached hydrogens (tertiary/aromatic N) is 3. The molecular formula is C18H24ClF2N5O2. The normalized spacial score (nSPS) is 21.7. The van der Waals surface area contributed by atoms with Gasteiger partial charge in [-0.2, -0.15) is 0 Å². The summed E-state index contributed by atoms with van der Waals surface area (Å²) < 4.78 is 28.5. The van der Waals surface area contributed by atoms with E-state index in [-0.39, 0.29) is 43.1 Å². The summed E-state index contributed by atoms with van der Waals surface area (Å²) in [6.45, 7) is 0. The molecule has 154 valence electrons. The summed E-state index contributed by atoms with van der Waals surface area (Å²) in [6.07, 6.45) is 4.92. The average molecular weight is 416 g/mol. The van der Waals surface area contributed by atoms with Gasteiger partial charge in [-0.15, -0.1) is 12.4 Å². The molecule has 0 radical (unpaired) electrons. The Hall–Kier alpha value is -2.00. The predicted molar refractivity (Wildman–Crippen MR) is 101 cm³/mol. The third-order valence-electron chi connectivity index (χ3n) is 5.67. The predicted octanol–water partition coefficient (Wildman–Crippen LogP) is 3.70. The van der Waals surface area contributed by atoms with Crippen LogP contribution in [0.4, 0.5) is 13.6 Å². The van der Waals surface area contributed by atoms with Crippen LogP contribution in [0.3, 0.4) is 0 Å². The smallest absolute Gasteiger partial charge is 0.405 e. The van der Waals surface area contributed by atoms with Crippen molar-refractivity contribution >= 4 is 24.3 Å². The van der Waals surface area contributed by atoms with E-state index in [1.807, 2.05) is 0 Å². The lowest BCUT2D eigenvalue weighted by Gasteiger charge is -2.31. The number of halogens is 3. The van der Waals surface area contributed by atoms with Gasteiger partial charge in [0.1, 0.15) is 0 Å². The molecule has 0 spiro atoms. The quantitative estimate of drug-likeness (QED) is 0.690. The maximum Gasteiger partial charge on any atom is 0.405 e. The molecular weight excluding hydrogens is 392 g/mol. The first-order valence-corrected chi connectivity index (χ1v) is 9.31. The van der Waals surface area contributed by atoms with Crippen LogP contribution in [-0.2, 0) is 0 Å². The summed E-state index contributed by atoms with van der Waals surface area (Å²) in [5, 5.41) is 11.6. The molecule has 10 heteroatoms. The fourth-order valence-corrected chi connectivity index (χ4v) is 3.90. The highest BCUT2D eigenvalue weighted by atomic mass is 35.5. The summed E-state index contributed by atoms with van der Waals surface area (Å²) in [5.41, 5.74) is 7.57. The van der Waals surface area contributed by atoms with Crippen molar-refractivity contribution in [2.24, 2.45) is 17.6 Å². The second kappa shape index (κ2) is 7.79. The molecule has 0 bridgehead atoms. The van der Waals surface area contributed by atoms with E-state index in [4.69, 9.17) is 10.8 Å². The number of nitrogens with two attached hydrogens (primary N) is 1. The standard InChI is InChI=1S/C18H23F2N5O2.ClH/c19-18(20)6-3-10(4-7-18)14(21)13-9-25-8-5-12(22-16(25)23-13)15(11-1-2-11)24-17(26)27;/h5,8-11,14-15,24H,1-4,6-7,21H2,(H,26,27);1H/t14-,15+;/m0./s1. The van der Waals surface area contributed by atoms with E-state index in [2.05, 4.69) is 15.3 Å². The van der Waals surface area contributed by atoms with Crippen molar-refractivity contribution in [1.82, 2.24) is 19.7 Å². The molecule has 7 nitrogen and oxygen atoms in total. The van der Waals surface area contributed by atoms with E-state index < -0.39 is 18.1 Å². The van der Waals surface area contributed by atoms with Crippen LogP contribution in [-0.4, -0.2) is 31.5 Å². The maximum atomic E-state index is 13.4. The fourth-order valence-electron chi connectivity index (χ4n) is 3.90. The van der Waals surface area contributed by atoms with E-state index in [1.165, 1.54) is 0 Å². The van der Waals surface area contributed by atoms with Gasteiger partial charge in [0.15, 0.2) is 0 Å². The Morgan fingerprint density at radius 2 is 1.86 bits per heavy atom. The van der Waals surface area contributed by atoms with Crippen LogP contribution in [0.5, 0.6) is 0 Å². The molecule has 0 aromatic carbocycles. The Kier molecular flexibility index (Phi) is 5.77. The van der Waals surface area contributed by atoms with Gasteiger partial charge in [0.25, 0.3) is 0 Å². The Morgan fingerprint density at radius 1 is 1.21 bits per heavy atom. The highest BCUT2D eigenvalue weighted by Gasteiger charge is 2.38. The van der Waals surface area contributed by atoms with Gasteiger partial charge < -0.3 is 16.2 Å². The third kappa shape index (κ3) is 4.35. The number of amides is 1. The first kappa shape index (κ1) is 20.7. The van der Waals surface area contributed by atoms with Gasteiger partial charge in [-0.1, -0.05) is 0 Å². The van der Waals surface area contributed by atoms with Gasteiger partial charge in [0.2, 0.25) is 11.7 Å². The van der Waals surface area contributed by atoms with Gasteiger partial charge in [0.05, 0.1) is 23.5 Å². The number of nitrogens with one attached hydrogen (secondary N) is 1. The summed E-state index contributed by atoms with van der Waals surface area (Å²) in [5.74, 6) is -1.91. The highest BCUT2D eigenvalue weighted by molar-refractivity contribution is 5.85. The third-order valence-corrected chi connectivity index (χ3v) is 5.67. The van der Waals surface area contributed by atoms with Crippen molar-refractivity contribution in [2.75, 3.05) is 0 Å². The van der Waals surface area contributed by atoms with Crippen LogP contribution in [0.2, 0.25) is 0 Å². The largest absolute Gasteiger partial charge is 0.465 e. The van der Waals surface area contributed by atoms with Gasteiger partial charge in [-0.25, -0.2) is 23.5 Å². The number of carbonyl (C=O) groups is 1. The number of rotatable bonds is 5. The minimum Gasteiger partial charge on any atom is -0.465 e. The molecule has 0 saturated heterocycles. The Labute approximate surface area is 167 Å². The SMILES string of the molecule is Cl.N[C@H](c1cn2ccc([C@H](NC(=O)O)C3CC3)nc2n1)C1CCC(F)(F)CC1. The van der Waals surface area contributed by atoms with Crippen molar-refractivity contribution in [3.63, 3.8) is 0 Å². The highest BCUT2D eigenvalue weighted by Crippen LogP contribution is 2.41. The van der Waals surface area contributed by atoms with Crippen molar-refractivity contribution in [1.29, 1.82) is 0 Å². The van der Waals surface area contributed by atoms with Crippen LogP contribution in [0, 0.1) is 11.8 Å². The van der Waals surface area contributed by atoms with Crippen LogP contribution >= 0.6 is 12.4 Å². The summed E-state index contributed by atoms with van der Waals surface area (Å²) >= 11 is 0. The molecule has 0 unspecified atom stereocenters. The molecule has 0 aliphatic heterocycles. The van der Waals surface area contributed by atoms with Crippen molar-refractivity contribution in [3.05, 3.63) is 29.8 Å². The zero-order valence-corrected chi connectivity index (χ0v) is 16.0. The first-order chi connectivity index (χ1) is 12.8. The lowest BCUT2D eigenvalue weighted by atomic mass is 9.81. The van der Waals surface area contributed by atoms with E-state index in [9.17, 15) is 13.6 Å². The Bertz CT molecular complexity index is 848. The van der Waals surface area contributed by atoms with E-state index in [0.717, 1.165) is 12.8 Å². The minimum absolute atomic E-state index is 0. The average Bonchev–Trinajstić information content (AvgIpc) is 3.36. The molecule has 2 aliphatic rings. The number of carboxylic acid groups (broad SMARTS) is 1. The zero-order chi connectivity index (χ0) is 19.2. The van der Waals surface area contributed by atoms with Crippen LogP contribution in [0.1, 0.15) is 62.0 Å². The molecule has 2 heterocycles. The molecule has 4 N–H and O–H groups in total. The molecule has 2 aromatic heterocycles.